The van der Waals surface area contributed by atoms with Gasteiger partial charge in [-0.3, -0.25) is 9.78 Å². The van der Waals surface area contributed by atoms with Crippen molar-refractivity contribution in [2.45, 2.75) is 6.18 Å². The van der Waals surface area contributed by atoms with E-state index in [2.05, 4.69) is 15.3 Å². The van der Waals surface area contributed by atoms with Crippen molar-refractivity contribution in [3.05, 3.63) is 46.0 Å². The second-order valence-electron chi connectivity index (χ2n) is 3.77. The van der Waals surface area contributed by atoms with Crippen LogP contribution >= 0.6 is 0 Å². The van der Waals surface area contributed by atoms with Gasteiger partial charge in [-0.15, -0.1) is 0 Å². The lowest BCUT2D eigenvalue weighted by atomic mass is 10.2. The van der Waals surface area contributed by atoms with Gasteiger partial charge in [0, 0.05) is 5.69 Å². The normalized spacial score (nSPS) is 11.4. The summed E-state index contributed by atoms with van der Waals surface area (Å²) in [6.45, 7) is 0. The number of aromatic hydroxyl groups is 1. The lowest BCUT2D eigenvalue weighted by molar-refractivity contribution is -0.139. The highest BCUT2D eigenvalue weighted by Gasteiger charge is 2.34. The van der Waals surface area contributed by atoms with Gasteiger partial charge in [-0.05, 0) is 18.2 Å². The first kappa shape index (κ1) is 13.8. The number of aromatic nitrogens is 2. The highest BCUT2D eigenvalue weighted by Crippen LogP contribution is 2.33. The molecule has 1 aromatic heterocycles. The molecule has 1 heterocycles. The summed E-state index contributed by atoms with van der Waals surface area (Å²) < 4.78 is 50.6. The van der Waals surface area contributed by atoms with E-state index in [1.54, 1.807) is 0 Å². The monoisotopic (exact) mass is 289 g/mol. The van der Waals surface area contributed by atoms with Crippen molar-refractivity contribution in [2.24, 2.45) is 0 Å². The number of nitrogens with one attached hydrogen (secondary N) is 2. The maximum Gasteiger partial charge on any atom is 0.419 e. The predicted octanol–water partition coefficient (Wildman–Crippen LogP) is 2.38. The first-order chi connectivity index (χ1) is 9.25. The van der Waals surface area contributed by atoms with E-state index in [1.165, 1.54) is 0 Å². The molecule has 0 radical (unpaired) electrons. The number of aromatic amines is 1. The van der Waals surface area contributed by atoms with Crippen molar-refractivity contribution in [3.63, 3.8) is 0 Å². The van der Waals surface area contributed by atoms with Gasteiger partial charge in [-0.1, -0.05) is 0 Å². The van der Waals surface area contributed by atoms with E-state index in [0.29, 0.717) is 12.1 Å². The van der Waals surface area contributed by atoms with Crippen LogP contribution in [0.25, 0.3) is 0 Å². The third-order valence-electron chi connectivity index (χ3n) is 2.26. The molecule has 20 heavy (non-hydrogen) atoms. The van der Waals surface area contributed by atoms with Crippen molar-refractivity contribution in [2.75, 3.05) is 5.32 Å². The second-order valence-corrected chi connectivity index (χ2v) is 3.77. The van der Waals surface area contributed by atoms with Gasteiger partial charge in [0.25, 0.3) is 5.56 Å². The van der Waals surface area contributed by atoms with Gasteiger partial charge < -0.3 is 10.4 Å². The van der Waals surface area contributed by atoms with E-state index in [9.17, 15) is 22.4 Å². The number of nitrogens with zero attached hydrogens (tertiary/aromatic N) is 1. The second kappa shape index (κ2) is 4.83. The van der Waals surface area contributed by atoms with E-state index in [4.69, 9.17) is 5.11 Å². The summed E-state index contributed by atoms with van der Waals surface area (Å²) in [6, 6.07) is 2.98. The number of H-pyrrole nitrogens is 1. The molecule has 0 bridgehead atoms. The summed E-state index contributed by atoms with van der Waals surface area (Å²) in [6.07, 6.45) is -4.85. The van der Waals surface area contributed by atoms with Crippen LogP contribution < -0.4 is 10.9 Å². The molecule has 106 valence electrons. The molecule has 0 saturated heterocycles. The van der Waals surface area contributed by atoms with Gasteiger partial charge in [-0.25, -0.2) is 4.39 Å². The molecule has 0 aliphatic rings. The van der Waals surface area contributed by atoms with Crippen LogP contribution in [0.1, 0.15) is 5.56 Å². The quantitative estimate of drug-likeness (QED) is 0.742. The summed E-state index contributed by atoms with van der Waals surface area (Å²) in [5, 5.41) is 11.4. The van der Waals surface area contributed by atoms with Crippen LogP contribution in [0.3, 0.4) is 0 Å². The maximum atomic E-state index is 13.1. The number of benzene rings is 1. The first-order valence-electron chi connectivity index (χ1n) is 5.20. The van der Waals surface area contributed by atoms with Gasteiger partial charge in [-0.2, -0.15) is 18.2 Å². The molecule has 2 aromatic rings. The summed E-state index contributed by atoms with van der Waals surface area (Å²) in [5.74, 6) is -2.29. The average Bonchev–Trinajstić information content (AvgIpc) is 2.29. The summed E-state index contributed by atoms with van der Waals surface area (Å²) >= 11 is 0. The van der Waals surface area contributed by atoms with Crippen LogP contribution in [0.5, 0.6) is 5.88 Å². The van der Waals surface area contributed by atoms with Crippen molar-refractivity contribution < 1.29 is 22.7 Å². The van der Waals surface area contributed by atoms with Crippen molar-refractivity contribution in [1.82, 2.24) is 9.97 Å². The van der Waals surface area contributed by atoms with E-state index in [-0.39, 0.29) is 11.6 Å². The molecule has 3 N–H and O–H groups in total. The molecule has 0 aliphatic carbocycles. The maximum absolute atomic E-state index is 13.1. The lowest BCUT2D eigenvalue weighted by Crippen LogP contribution is -2.11. The van der Waals surface area contributed by atoms with E-state index in [1.807, 2.05) is 0 Å². The summed E-state index contributed by atoms with van der Waals surface area (Å²) in [7, 11) is 0. The number of halogens is 4. The Hall–Kier alpha value is -2.58. The molecule has 1 aromatic carbocycles. The SMILES string of the molecule is O=c1cc(O)nc(Nc2ccc(F)c(C(F)(F)F)c2)[nH]1. The fraction of sp³-hybridized carbons (Fsp3) is 0.0909. The molecular formula is C11H7F4N3O2. The molecular weight excluding hydrogens is 282 g/mol. The topological polar surface area (TPSA) is 78.0 Å². The number of alkyl halides is 3. The predicted molar refractivity (Wildman–Crippen MR) is 61.2 cm³/mol. The minimum atomic E-state index is -4.85. The molecule has 0 unspecified atom stereocenters. The Bertz CT molecular complexity index is 697. The van der Waals surface area contributed by atoms with Crippen LogP contribution in [0.15, 0.2) is 29.1 Å². The van der Waals surface area contributed by atoms with Gasteiger partial charge in [0.15, 0.2) is 0 Å². The Balaban J connectivity index is 2.37. The summed E-state index contributed by atoms with van der Waals surface area (Å²) in [4.78, 5) is 16.7. The zero-order chi connectivity index (χ0) is 14.9. The number of rotatable bonds is 2. The smallest absolute Gasteiger partial charge is 0.419 e. The van der Waals surface area contributed by atoms with E-state index >= 15 is 0 Å². The minimum absolute atomic E-state index is 0.146. The van der Waals surface area contributed by atoms with Crippen LogP contribution in [-0.2, 0) is 6.18 Å². The molecule has 0 aliphatic heterocycles. The van der Waals surface area contributed by atoms with Crippen molar-refractivity contribution in [1.29, 1.82) is 0 Å². The Morgan fingerprint density at radius 3 is 2.55 bits per heavy atom. The molecule has 9 heteroatoms. The van der Waals surface area contributed by atoms with Crippen LogP contribution in [-0.4, -0.2) is 15.1 Å². The molecule has 0 saturated carbocycles. The Morgan fingerprint density at radius 1 is 1.25 bits per heavy atom. The molecule has 0 fully saturated rings. The molecule has 2 rings (SSSR count). The molecule has 5 nitrogen and oxygen atoms in total. The zero-order valence-corrected chi connectivity index (χ0v) is 9.62. The van der Waals surface area contributed by atoms with Gasteiger partial charge in [0.1, 0.15) is 5.82 Å². The molecule has 0 spiro atoms. The van der Waals surface area contributed by atoms with E-state index < -0.39 is 29.0 Å². The highest BCUT2D eigenvalue weighted by atomic mass is 19.4. The van der Waals surface area contributed by atoms with Crippen molar-refractivity contribution in [3.8, 4) is 5.88 Å². The third-order valence-corrected chi connectivity index (χ3v) is 2.26. The number of hydrogen-bond donors (Lipinski definition) is 3. The fourth-order valence-electron chi connectivity index (χ4n) is 1.46. The average molecular weight is 289 g/mol. The first-order valence-corrected chi connectivity index (χ1v) is 5.20. The van der Waals surface area contributed by atoms with Gasteiger partial charge >= 0.3 is 6.18 Å². The standard InChI is InChI=1S/C11H7F4N3O2/c12-7-2-1-5(3-6(7)11(13,14)15)16-10-17-8(19)4-9(20)18-10/h1-4H,(H3,16,17,18,19,20). The van der Waals surface area contributed by atoms with Crippen molar-refractivity contribution >= 4 is 11.6 Å². The van der Waals surface area contributed by atoms with Crippen LogP contribution in [0.2, 0.25) is 0 Å². The van der Waals surface area contributed by atoms with E-state index in [0.717, 1.165) is 12.1 Å². The number of anilines is 2. The Labute approximate surface area is 108 Å². The fourth-order valence-corrected chi connectivity index (χ4v) is 1.46. The van der Waals surface area contributed by atoms with Gasteiger partial charge in [0.05, 0.1) is 11.6 Å². The highest BCUT2D eigenvalue weighted by molar-refractivity contribution is 5.55. The Kier molecular flexibility index (Phi) is 3.35. The largest absolute Gasteiger partial charge is 0.493 e. The molecule has 0 atom stereocenters. The van der Waals surface area contributed by atoms with Crippen LogP contribution in [0.4, 0.5) is 29.2 Å². The summed E-state index contributed by atoms with van der Waals surface area (Å²) in [5.41, 5.74) is -2.30. The minimum Gasteiger partial charge on any atom is -0.493 e. The number of hydrogen-bond acceptors (Lipinski definition) is 4. The van der Waals surface area contributed by atoms with Gasteiger partial charge in [0.2, 0.25) is 11.8 Å². The zero-order valence-electron chi connectivity index (χ0n) is 9.62. The lowest BCUT2D eigenvalue weighted by Gasteiger charge is -2.11. The molecule has 0 amide bonds. The third kappa shape index (κ3) is 3.05. The van der Waals surface area contributed by atoms with Crippen LogP contribution in [0, 0.1) is 5.82 Å². The Morgan fingerprint density at radius 2 is 1.95 bits per heavy atom.